The van der Waals surface area contributed by atoms with Gasteiger partial charge in [0, 0.05) is 19.0 Å². The highest BCUT2D eigenvalue weighted by Crippen LogP contribution is 2.55. The molecule has 0 heterocycles. The van der Waals surface area contributed by atoms with Crippen molar-refractivity contribution < 1.29 is 9.09 Å². The highest BCUT2D eigenvalue weighted by atomic mass is 32.7. The fraction of sp³-hybridized carbons (Fsp3) is 1.00. The van der Waals surface area contributed by atoms with Crippen LogP contribution < -0.4 is 0 Å². The second kappa shape index (κ2) is 7.75. The molecule has 0 rings (SSSR count). The fourth-order valence-electron chi connectivity index (χ4n) is 1.15. The molecule has 0 amide bonds. The summed E-state index contributed by atoms with van der Waals surface area (Å²) in [5.41, 5.74) is 0. The predicted octanol–water partition coefficient (Wildman–Crippen LogP) is 2.92. The first-order valence-electron chi connectivity index (χ1n) is 5.14. The Morgan fingerprint density at radius 3 is 2.29 bits per heavy atom. The van der Waals surface area contributed by atoms with Gasteiger partial charge in [-0.05, 0) is 20.0 Å². The molecular formula is C9H22NO2PS. The van der Waals surface area contributed by atoms with Crippen LogP contribution in [0.2, 0.25) is 0 Å². The van der Waals surface area contributed by atoms with E-state index in [-0.39, 0.29) is 0 Å². The van der Waals surface area contributed by atoms with Crippen molar-refractivity contribution in [3.63, 3.8) is 0 Å². The zero-order valence-electron chi connectivity index (χ0n) is 9.65. The second-order valence-electron chi connectivity index (χ2n) is 3.05. The van der Waals surface area contributed by atoms with Gasteiger partial charge in [-0.15, -0.1) is 0 Å². The molecule has 0 aliphatic heterocycles. The summed E-state index contributed by atoms with van der Waals surface area (Å²) in [4.78, 5) is 2.32. The maximum Gasteiger partial charge on any atom is 0.254 e. The highest BCUT2D eigenvalue weighted by molar-refractivity contribution is 8.56. The van der Waals surface area contributed by atoms with E-state index in [0.29, 0.717) is 6.61 Å². The maximum absolute atomic E-state index is 11.7. The molecule has 86 valence electrons. The van der Waals surface area contributed by atoms with Crippen LogP contribution in [-0.4, -0.2) is 43.6 Å². The van der Waals surface area contributed by atoms with Gasteiger partial charge >= 0.3 is 0 Å². The number of nitrogens with zero attached hydrogens (tertiary/aromatic N) is 1. The van der Waals surface area contributed by atoms with Crippen molar-refractivity contribution in [3.05, 3.63) is 0 Å². The Morgan fingerprint density at radius 2 is 1.86 bits per heavy atom. The molecule has 0 aromatic heterocycles. The summed E-state index contributed by atoms with van der Waals surface area (Å²) in [6.45, 7) is 9.11. The molecular weight excluding hydrogens is 217 g/mol. The summed E-state index contributed by atoms with van der Waals surface area (Å²) in [5.74, 6) is 0.884. The Labute approximate surface area is 91.8 Å². The molecule has 0 radical (unpaired) electrons. The van der Waals surface area contributed by atoms with Crippen LogP contribution in [0, 0.1) is 0 Å². The van der Waals surface area contributed by atoms with Gasteiger partial charge in [0.2, 0.25) is 0 Å². The topological polar surface area (TPSA) is 29.5 Å². The van der Waals surface area contributed by atoms with E-state index in [4.69, 9.17) is 4.52 Å². The van der Waals surface area contributed by atoms with Gasteiger partial charge in [0.1, 0.15) is 0 Å². The lowest BCUT2D eigenvalue weighted by atomic mass is 10.5. The van der Waals surface area contributed by atoms with E-state index in [2.05, 4.69) is 18.7 Å². The van der Waals surface area contributed by atoms with Crippen LogP contribution in [0.4, 0.5) is 0 Å². The lowest BCUT2D eigenvalue weighted by Crippen LogP contribution is -2.25. The first-order valence-corrected chi connectivity index (χ1v) is 8.80. The van der Waals surface area contributed by atoms with Gasteiger partial charge in [-0.25, -0.2) is 0 Å². The molecule has 0 fully saturated rings. The van der Waals surface area contributed by atoms with Gasteiger partial charge < -0.3 is 9.42 Å². The van der Waals surface area contributed by atoms with Crippen LogP contribution in [0.5, 0.6) is 0 Å². The lowest BCUT2D eigenvalue weighted by Gasteiger charge is -2.18. The van der Waals surface area contributed by atoms with Crippen LogP contribution in [-0.2, 0) is 9.09 Å². The van der Waals surface area contributed by atoms with Crippen LogP contribution in [0.25, 0.3) is 0 Å². The van der Waals surface area contributed by atoms with E-state index in [1.54, 1.807) is 6.66 Å². The standard InChI is InChI=1S/C9H22NO2PS/c1-5-10(6-2)8-9-14-13(4,11)12-7-3/h5-9H2,1-4H3/t13-/m1/s1. The lowest BCUT2D eigenvalue weighted by molar-refractivity contribution is 0.323. The van der Waals surface area contributed by atoms with Gasteiger partial charge in [-0.3, -0.25) is 4.57 Å². The molecule has 0 bridgehead atoms. The first-order chi connectivity index (χ1) is 6.55. The van der Waals surface area contributed by atoms with Crippen molar-refractivity contribution in [1.82, 2.24) is 4.90 Å². The Morgan fingerprint density at radius 1 is 1.29 bits per heavy atom. The average Bonchev–Trinajstić information content (AvgIpc) is 2.12. The normalized spacial score (nSPS) is 15.8. The molecule has 14 heavy (non-hydrogen) atoms. The fourth-order valence-corrected chi connectivity index (χ4v) is 4.14. The molecule has 0 aromatic carbocycles. The highest BCUT2D eigenvalue weighted by Gasteiger charge is 2.15. The summed E-state index contributed by atoms with van der Waals surface area (Å²) < 4.78 is 16.9. The molecule has 0 N–H and O–H groups in total. The van der Waals surface area contributed by atoms with Crippen LogP contribution in [0.3, 0.4) is 0 Å². The summed E-state index contributed by atoms with van der Waals surface area (Å²) in [7, 11) is 0. The van der Waals surface area contributed by atoms with E-state index in [1.807, 2.05) is 6.92 Å². The predicted molar refractivity (Wildman–Crippen MR) is 65.4 cm³/mol. The van der Waals surface area contributed by atoms with E-state index in [1.165, 1.54) is 11.4 Å². The van der Waals surface area contributed by atoms with Gasteiger partial charge in [0.15, 0.2) is 0 Å². The molecule has 0 spiro atoms. The van der Waals surface area contributed by atoms with Crippen molar-refractivity contribution in [2.45, 2.75) is 20.8 Å². The Bertz CT molecular complexity index is 186. The molecule has 5 heteroatoms. The minimum atomic E-state index is -2.38. The molecule has 1 atom stereocenters. The molecule has 0 saturated carbocycles. The number of hydrogen-bond donors (Lipinski definition) is 0. The zero-order chi connectivity index (χ0) is 11.0. The Balaban J connectivity index is 3.66. The smallest absolute Gasteiger partial charge is 0.254 e. The van der Waals surface area contributed by atoms with Crippen molar-refractivity contribution in [1.29, 1.82) is 0 Å². The van der Waals surface area contributed by atoms with Crippen molar-refractivity contribution >= 4 is 18.0 Å². The third-order valence-electron chi connectivity index (χ3n) is 1.99. The van der Waals surface area contributed by atoms with Gasteiger partial charge in [0.25, 0.3) is 6.57 Å². The number of hydrogen-bond acceptors (Lipinski definition) is 4. The third-order valence-corrected chi connectivity index (χ3v) is 5.82. The van der Waals surface area contributed by atoms with Crippen LogP contribution in [0.15, 0.2) is 0 Å². The molecule has 3 nitrogen and oxygen atoms in total. The molecule has 0 aromatic rings. The van der Waals surface area contributed by atoms with E-state index in [0.717, 1.165) is 25.4 Å². The SMILES string of the molecule is CCO[P@@](C)(=O)SCCN(CC)CC. The average molecular weight is 239 g/mol. The van der Waals surface area contributed by atoms with Crippen LogP contribution in [0.1, 0.15) is 20.8 Å². The van der Waals surface area contributed by atoms with E-state index < -0.39 is 6.57 Å². The zero-order valence-corrected chi connectivity index (χ0v) is 11.4. The molecule has 0 aliphatic rings. The second-order valence-corrected chi connectivity index (χ2v) is 8.28. The summed E-state index contributed by atoms with van der Waals surface area (Å²) in [6, 6.07) is 0. The summed E-state index contributed by atoms with van der Waals surface area (Å²) >= 11 is 1.45. The molecule has 0 aliphatic carbocycles. The summed E-state index contributed by atoms with van der Waals surface area (Å²) in [5, 5.41) is 0. The molecule has 0 saturated heterocycles. The minimum Gasteiger partial charge on any atom is -0.322 e. The van der Waals surface area contributed by atoms with Gasteiger partial charge in [0.05, 0.1) is 6.61 Å². The largest absolute Gasteiger partial charge is 0.322 e. The van der Waals surface area contributed by atoms with Crippen LogP contribution >= 0.6 is 18.0 Å². The maximum atomic E-state index is 11.7. The Hall–Kier alpha value is 0.500. The van der Waals surface area contributed by atoms with Crippen molar-refractivity contribution in [2.75, 3.05) is 38.7 Å². The third kappa shape index (κ3) is 6.88. The quantitative estimate of drug-likeness (QED) is 0.609. The van der Waals surface area contributed by atoms with Crippen molar-refractivity contribution in [3.8, 4) is 0 Å². The summed E-state index contributed by atoms with van der Waals surface area (Å²) in [6.07, 6.45) is 0. The first kappa shape index (κ1) is 14.5. The van der Waals surface area contributed by atoms with Gasteiger partial charge in [-0.2, -0.15) is 0 Å². The number of rotatable bonds is 8. The van der Waals surface area contributed by atoms with E-state index in [9.17, 15) is 4.57 Å². The van der Waals surface area contributed by atoms with Gasteiger partial charge in [-0.1, -0.05) is 25.2 Å². The van der Waals surface area contributed by atoms with E-state index >= 15 is 0 Å². The Kier molecular flexibility index (Phi) is 8.02. The monoisotopic (exact) mass is 239 g/mol. The van der Waals surface area contributed by atoms with Crippen molar-refractivity contribution in [2.24, 2.45) is 0 Å². The minimum absolute atomic E-state index is 0.534. The molecule has 0 unspecified atom stereocenters.